The topological polar surface area (TPSA) is 89.6 Å². The number of hydrogen-bond donors (Lipinski definition) is 2. The lowest BCUT2D eigenvalue weighted by Gasteiger charge is -2.65. The van der Waals surface area contributed by atoms with Gasteiger partial charge >= 0.3 is 11.9 Å². The molecule has 0 aromatic rings. The number of esters is 1. The van der Waals surface area contributed by atoms with Crippen LogP contribution >= 0.6 is 0 Å². The van der Waals surface area contributed by atoms with Crippen molar-refractivity contribution >= 4 is 11.9 Å². The number of carbonyl (C=O) groups is 2. The Morgan fingerprint density at radius 1 is 1.30 bits per heavy atom. The first-order valence-corrected chi connectivity index (χ1v) is 8.49. The molecule has 0 radical (unpaired) electrons. The van der Waals surface area contributed by atoms with E-state index >= 15 is 0 Å². The van der Waals surface area contributed by atoms with E-state index in [0.717, 1.165) is 31.8 Å². The molecule has 4 aliphatic carbocycles. The maximum Gasteiger partial charge on any atom is 0.330 e. The highest BCUT2D eigenvalue weighted by Gasteiger charge is 2.68. The van der Waals surface area contributed by atoms with Gasteiger partial charge in [0.05, 0.1) is 0 Å². The lowest BCUT2D eigenvalue weighted by Crippen LogP contribution is -2.73. The SMILES string of the molecule is C=CC(=O)OC(C)(C)CC12CC3CC(CC(C3)C1(N)C(=O)O)C2. The van der Waals surface area contributed by atoms with Gasteiger partial charge in [0.15, 0.2) is 0 Å². The predicted molar refractivity (Wildman–Crippen MR) is 85.5 cm³/mol. The Hall–Kier alpha value is -1.36. The van der Waals surface area contributed by atoms with E-state index < -0.39 is 28.5 Å². The second-order valence-corrected chi connectivity index (χ2v) is 8.56. The second-order valence-electron chi connectivity index (χ2n) is 8.56. The van der Waals surface area contributed by atoms with E-state index in [4.69, 9.17) is 10.5 Å². The maximum atomic E-state index is 12.1. The molecule has 0 spiro atoms. The lowest BCUT2D eigenvalue weighted by atomic mass is 9.40. The Balaban J connectivity index is 1.94. The monoisotopic (exact) mass is 321 g/mol. The number of carbonyl (C=O) groups excluding carboxylic acids is 1. The largest absolute Gasteiger partial charge is 0.480 e. The van der Waals surface area contributed by atoms with Crippen molar-refractivity contribution in [3.05, 3.63) is 12.7 Å². The van der Waals surface area contributed by atoms with Crippen molar-refractivity contribution in [3.63, 3.8) is 0 Å². The summed E-state index contributed by atoms with van der Waals surface area (Å²) in [5.41, 5.74) is 4.13. The third-order valence-electron chi connectivity index (χ3n) is 6.44. The summed E-state index contributed by atoms with van der Waals surface area (Å²) in [6.07, 6.45) is 6.35. The number of aliphatic carboxylic acids is 1. The number of rotatable bonds is 5. The van der Waals surface area contributed by atoms with Crippen LogP contribution < -0.4 is 5.73 Å². The number of carboxylic acids is 1. The number of carboxylic acid groups (broad SMARTS) is 1. The molecule has 128 valence electrons. The minimum atomic E-state index is -1.21. The molecule has 5 nitrogen and oxygen atoms in total. The summed E-state index contributed by atoms with van der Waals surface area (Å²) in [5.74, 6) is -0.203. The number of nitrogens with two attached hydrogens (primary N) is 1. The van der Waals surface area contributed by atoms with Gasteiger partial charge in [-0.25, -0.2) is 4.79 Å². The van der Waals surface area contributed by atoms with Crippen LogP contribution in [-0.2, 0) is 14.3 Å². The molecule has 4 aliphatic rings. The molecule has 4 saturated carbocycles. The van der Waals surface area contributed by atoms with E-state index in [1.165, 1.54) is 6.42 Å². The summed E-state index contributed by atoms with van der Waals surface area (Å²) in [6, 6.07) is 0. The van der Waals surface area contributed by atoms with Gasteiger partial charge in [-0.05, 0) is 70.1 Å². The Morgan fingerprint density at radius 3 is 2.35 bits per heavy atom. The van der Waals surface area contributed by atoms with E-state index in [9.17, 15) is 14.7 Å². The van der Waals surface area contributed by atoms with E-state index in [-0.39, 0.29) is 5.92 Å². The summed E-state index contributed by atoms with van der Waals surface area (Å²) in [7, 11) is 0. The van der Waals surface area contributed by atoms with Crippen molar-refractivity contribution in [1.29, 1.82) is 0 Å². The third kappa shape index (κ3) is 2.40. The first-order valence-electron chi connectivity index (χ1n) is 8.49. The standard InChI is InChI=1S/C18H27NO4/c1-4-14(20)23-16(2,3)10-17-8-11-5-12(9-17)7-13(6-11)18(17,19)15(21)22/h4,11-13H,1,5-10,19H2,2-3H3,(H,21,22). The average Bonchev–Trinajstić information content (AvgIpc) is 2.42. The molecule has 0 heterocycles. The normalized spacial score (nSPS) is 41.6. The summed E-state index contributed by atoms with van der Waals surface area (Å²) in [5, 5.41) is 9.95. The lowest BCUT2D eigenvalue weighted by molar-refractivity contribution is -0.191. The summed E-state index contributed by atoms with van der Waals surface area (Å²) < 4.78 is 5.49. The van der Waals surface area contributed by atoms with Crippen molar-refractivity contribution < 1.29 is 19.4 Å². The Labute approximate surface area is 137 Å². The van der Waals surface area contributed by atoms with Crippen LogP contribution in [0, 0.1) is 23.2 Å². The molecule has 23 heavy (non-hydrogen) atoms. The van der Waals surface area contributed by atoms with Gasteiger partial charge in [0.25, 0.3) is 0 Å². The third-order valence-corrected chi connectivity index (χ3v) is 6.44. The van der Waals surface area contributed by atoms with Crippen molar-refractivity contribution in [1.82, 2.24) is 0 Å². The van der Waals surface area contributed by atoms with Gasteiger partial charge in [0, 0.05) is 11.5 Å². The van der Waals surface area contributed by atoms with Gasteiger partial charge in [-0.3, -0.25) is 4.79 Å². The zero-order valence-corrected chi connectivity index (χ0v) is 14.0. The first-order chi connectivity index (χ1) is 10.6. The zero-order chi connectivity index (χ0) is 17.0. The average molecular weight is 321 g/mol. The molecular formula is C18H27NO4. The van der Waals surface area contributed by atoms with Gasteiger partial charge in [-0.2, -0.15) is 0 Å². The molecule has 5 heteroatoms. The second kappa shape index (κ2) is 5.07. The van der Waals surface area contributed by atoms with Gasteiger partial charge in [-0.15, -0.1) is 0 Å². The van der Waals surface area contributed by atoms with Crippen LogP contribution in [-0.4, -0.2) is 28.2 Å². The van der Waals surface area contributed by atoms with Crippen molar-refractivity contribution in [2.45, 2.75) is 63.5 Å². The quantitative estimate of drug-likeness (QED) is 0.600. The molecule has 4 bridgehead atoms. The Bertz CT molecular complexity index is 541. The smallest absolute Gasteiger partial charge is 0.330 e. The van der Waals surface area contributed by atoms with E-state index in [1.807, 2.05) is 13.8 Å². The minimum absolute atomic E-state index is 0.0390. The molecule has 3 N–H and O–H groups in total. The van der Waals surface area contributed by atoms with Crippen LogP contribution in [0.25, 0.3) is 0 Å². The summed E-state index contributed by atoms with van der Waals surface area (Å²) in [6.45, 7) is 7.12. The number of hydrogen-bond acceptors (Lipinski definition) is 4. The van der Waals surface area contributed by atoms with Gasteiger partial charge in [0.1, 0.15) is 11.1 Å². The Kier molecular flexibility index (Phi) is 3.63. The van der Waals surface area contributed by atoms with Crippen LogP contribution in [0.5, 0.6) is 0 Å². The highest BCUT2D eigenvalue weighted by molar-refractivity contribution is 5.82. The molecule has 3 atom stereocenters. The van der Waals surface area contributed by atoms with E-state index in [1.54, 1.807) is 0 Å². The van der Waals surface area contributed by atoms with Gasteiger partial charge in [0.2, 0.25) is 0 Å². The molecule has 4 fully saturated rings. The molecule has 0 amide bonds. The van der Waals surface area contributed by atoms with Crippen molar-refractivity contribution in [2.24, 2.45) is 28.9 Å². The maximum absolute atomic E-state index is 12.1. The summed E-state index contributed by atoms with van der Waals surface area (Å²) in [4.78, 5) is 23.8. The van der Waals surface area contributed by atoms with Crippen molar-refractivity contribution in [2.75, 3.05) is 0 Å². The van der Waals surface area contributed by atoms with Gasteiger partial charge < -0.3 is 15.6 Å². The first kappa shape index (κ1) is 16.5. The fourth-order valence-electron chi connectivity index (χ4n) is 6.09. The molecule has 3 unspecified atom stereocenters. The molecule has 4 rings (SSSR count). The molecule has 0 aliphatic heterocycles. The molecule has 0 aromatic heterocycles. The molecular weight excluding hydrogens is 294 g/mol. The Morgan fingerprint density at radius 2 is 1.87 bits per heavy atom. The summed E-state index contributed by atoms with van der Waals surface area (Å²) >= 11 is 0. The van der Waals surface area contributed by atoms with Crippen LogP contribution in [0.1, 0.15) is 52.4 Å². The van der Waals surface area contributed by atoms with Gasteiger partial charge in [-0.1, -0.05) is 6.58 Å². The highest BCUT2D eigenvalue weighted by Crippen LogP contribution is 2.66. The van der Waals surface area contributed by atoms with Crippen LogP contribution in [0.2, 0.25) is 0 Å². The fraction of sp³-hybridized carbons (Fsp3) is 0.778. The molecule has 0 aromatic carbocycles. The predicted octanol–water partition coefficient (Wildman–Crippen LogP) is 2.49. The fourth-order valence-corrected chi connectivity index (χ4v) is 6.09. The van der Waals surface area contributed by atoms with Crippen LogP contribution in [0.4, 0.5) is 0 Å². The molecule has 0 saturated heterocycles. The van der Waals surface area contributed by atoms with Crippen molar-refractivity contribution in [3.8, 4) is 0 Å². The highest BCUT2D eigenvalue weighted by atomic mass is 16.6. The number of ether oxygens (including phenoxy) is 1. The zero-order valence-electron chi connectivity index (χ0n) is 14.0. The minimum Gasteiger partial charge on any atom is -0.480 e. The van der Waals surface area contributed by atoms with Crippen LogP contribution in [0.15, 0.2) is 12.7 Å². The van der Waals surface area contributed by atoms with E-state index in [0.29, 0.717) is 18.3 Å². The van der Waals surface area contributed by atoms with Crippen LogP contribution in [0.3, 0.4) is 0 Å². The van der Waals surface area contributed by atoms with E-state index in [2.05, 4.69) is 6.58 Å².